The molecular weight excluding hydrogens is 249 g/mol. The van der Waals surface area contributed by atoms with Crippen LogP contribution in [0, 0.1) is 0 Å². The molecule has 0 spiro atoms. The first-order valence-corrected chi connectivity index (χ1v) is 5.11. The number of pyridine rings is 1. The van der Waals surface area contributed by atoms with Crippen LogP contribution in [0.5, 0.6) is 0 Å². The standard InChI is InChI=1S/C10H13F3N4O/c1-2-17(5-9(15)18)7-3-8(10(11,12)13)16-4-6(7)14/h3-4H,2,5,14H2,1H3,(H2,15,18). The summed E-state index contributed by atoms with van der Waals surface area (Å²) in [6.45, 7) is 1.77. The highest BCUT2D eigenvalue weighted by atomic mass is 19.4. The quantitative estimate of drug-likeness (QED) is 0.847. The first-order valence-electron chi connectivity index (χ1n) is 5.11. The molecule has 8 heteroatoms. The Hall–Kier alpha value is -1.99. The number of aromatic nitrogens is 1. The van der Waals surface area contributed by atoms with Gasteiger partial charge in [0.1, 0.15) is 5.69 Å². The summed E-state index contributed by atoms with van der Waals surface area (Å²) in [5.41, 5.74) is 9.68. The van der Waals surface area contributed by atoms with Gasteiger partial charge in [0, 0.05) is 6.54 Å². The van der Waals surface area contributed by atoms with Gasteiger partial charge in [0.25, 0.3) is 0 Å². The fourth-order valence-corrected chi connectivity index (χ4v) is 1.44. The highest BCUT2D eigenvalue weighted by molar-refractivity contribution is 5.81. The molecule has 0 aromatic carbocycles. The smallest absolute Gasteiger partial charge is 0.396 e. The molecule has 0 aliphatic carbocycles. The molecule has 0 unspecified atom stereocenters. The summed E-state index contributed by atoms with van der Waals surface area (Å²) in [4.78, 5) is 15.4. The fourth-order valence-electron chi connectivity index (χ4n) is 1.44. The van der Waals surface area contributed by atoms with E-state index in [0.717, 1.165) is 12.3 Å². The van der Waals surface area contributed by atoms with Crippen LogP contribution in [0.4, 0.5) is 24.5 Å². The zero-order chi connectivity index (χ0) is 13.9. The van der Waals surface area contributed by atoms with E-state index in [-0.39, 0.29) is 17.9 Å². The Labute approximate surface area is 102 Å². The van der Waals surface area contributed by atoms with Crippen molar-refractivity contribution in [2.45, 2.75) is 13.1 Å². The molecule has 1 amide bonds. The predicted octanol–water partition coefficient (Wildman–Crippen LogP) is 0.994. The number of carbonyl (C=O) groups is 1. The molecule has 1 aromatic heterocycles. The van der Waals surface area contributed by atoms with E-state index in [1.54, 1.807) is 6.92 Å². The lowest BCUT2D eigenvalue weighted by Crippen LogP contribution is -2.34. The van der Waals surface area contributed by atoms with Crippen LogP contribution in [-0.4, -0.2) is 24.0 Å². The van der Waals surface area contributed by atoms with E-state index >= 15 is 0 Å². The third-order valence-corrected chi connectivity index (χ3v) is 2.27. The van der Waals surface area contributed by atoms with Gasteiger partial charge in [-0.1, -0.05) is 0 Å². The van der Waals surface area contributed by atoms with Crippen molar-refractivity contribution < 1.29 is 18.0 Å². The SMILES string of the molecule is CCN(CC(N)=O)c1cc(C(F)(F)F)ncc1N. The molecule has 1 rings (SSSR count). The number of carbonyl (C=O) groups excluding carboxylic acids is 1. The minimum absolute atomic E-state index is 0.0612. The molecule has 18 heavy (non-hydrogen) atoms. The Morgan fingerprint density at radius 2 is 2.11 bits per heavy atom. The van der Waals surface area contributed by atoms with Crippen molar-refractivity contribution in [1.82, 2.24) is 4.98 Å². The molecule has 1 aromatic rings. The second-order valence-corrected chi connectivity index (χ2v) is 3.61. The van der Waals surface area contributed by atoms with E-state index in [2.05, 4.69) is 4.98 Å². The molecule has 0 radical (unpaired) electrons. The maximum atomic E-state index is 12.5. The number of amides is 1. The fraction of sp³-hybridized carbons (Fsp3) is 0.400. The second kappa shape index (κ2) is 5.11. The van der Waals surface area contributed by atoms with Crippen molar-refractivity contribution in [2.24, 2.45) is 5.73 Å². The zero-order valence-electron chi connectivity index (χ0n) is 9.66. The zero-order valence-corrected chi connectivity index (χ0v) is 9.66. The maximum Gasteiger partial charge on any atom is 0.433 e. The molecule has 100 valence electrons. The number of nitrogens with zero attached hydrogens (tertiary/aromatic N) is 2. The topological polar surface area (TPSA) is 85.2 Å². The Kier molecular flexibility index (Phi) is 4.00. The number of alkyl halides is 3. The number of nitrogens with two attached hydrogens (primary N) is 2. The molecule has 0 fully saturated rings. The van der Waals surface area contributed by atoms with E-state index < -0.39 is 17.8 Å². The van der Waals surface area contributed by atoms with Crippen LogP contribution in [0.15, 0.2) is 12.3 Å². The predicted molar refractivity (Wildman–Crippen MR) is 60.7 cm³/mol. The maximum absolute atomic E-state index is 12.5. The minimum atomic E-state index is -4.56. The summed E-state index contributed by atoms with van der Waals surface area (Å²) in [5.74, 6) is -0.651. The lowest BCUT2D eigenvalue weighted by atomic mass is 10.2. The number of hydrogen-bond donors (Lipinski definition) is 2. The molecule has 1 heterocycles. The van der Waals surface area contributed by atoms with Gasteiger partial charge in [0.2, 0.25) is 5.91 Å². The highest BCUT2D eigenvalue weighted by Gasteiger charge is 2.33. The molecule has 5 nitrogen and oxygen atoms in total. The summed E-state index contributed by atoms with van der Waals surface area (Å²) in [7, 11) is 0. The van der Waals surface area contributed by atoms with E-state index in [0.29, 0.717) is 6.54 Å². The van der Waals surface area contributed by atoms with Crippen molar-refractivity contribution in [2.75, 3.05) is 23.7 Å². The normalized spacial score (nSPS) is 11.3. The van der Waals surface area contributed by atoms with Gasteiger partial charge in [0.05, 0.1) is 24.1 Å². The van der Waals surface area contributed by atoms with Crippen LogP contribution in [0.1, 0.15) is 12.6 Å². The van der Waals surface area contributed by atoms with Crippen LogP contribution in [0.2, 0.25) is 0 Å². The Morgan fingerprint density at radius 1 is 1.50 bits per heavy atom. The Morgan fingerprint density at radius 3 is 2.56 bits per heavy atom. The third kappa shape index (κ3) is 3.25. The number of rotatable bonds is 4. The molecule has 0 bridgehead atoms. The average molecular weight is 262 g/mol. The number of anilines is 2. The lowest BCUT2D eigenvalue weighted by Gasteiger charge is -2.23. The van der Waals surface area contributed by atoms with Crippen LogP contribution in [0.3, 0.4) is 0 Å². The number of halogens is 3. The minimum Gasteiger partial charge on any atom is -0.396 e. The molecule has 0 saturated heterocycles. The van der Waals surface area contributed by atoms with Gasteiger partial charge in [-0.15, -0.1) is 0 Å². The van der Waals surface area contributed by atoms with Crippen molar-refractivity contribution in [3.8, 4) is 0 Å². The van der Waals surface area contributed by atoms with Crippen LogP contribution < -0.4 is 16.4 Å². The molecule has 0 aliphatic rings. The van der Waals surface area contributed by atoms with Crippen LogP contribution >= 0.6 is 0 Å². The number of hydrogen-bond acceptors (Lipinski definition) is 4. The van der Waals surface area contributed by atoms with Gasteiger partial charge < -0.3 is 16.4 Å². The molecule has 0 aliphatic heterocycles. The van der Waals surface area contributed by atoms with Crippen molar-refractivity contribution in [1.29, 1.82) is 0 Å². The van der Waals surface area contributed by atoms with E-state index in [4.69, 9.17) is 11.5 Å². The lowest BCUT2D eigenvalue weighted by molar-refractivity contribution is -0.141. The summed E-state index contributed by atoms with van der Waals surface area (Å²) in [6, 6.07) is 0.807. The third-order valence-electron chi connectivity index (χ3n) is 2.27. The molecule has 4 N–H and O–H groups in total. The van der Waals surface area contributed by atoms with Crippen molar-refractivity contribution >= 4 is 17.3 Å². The molecular formula is C10H13F3N4O. The number of nitrogen functional groups attached to an aromatic ring is 1. The highest BCUT2D eigenvalue weighted by Crippen LogP contribution is 2.32. The first-order chi connectivity index (χ1) is 8.25. The van der Waals surface area contributed by atoms with E-state index in [1.807, 2.05) is 0 Å². The van der Waals surface area contributed by atoms with Gasteiger partial charge in [-0.3, -0.25) is 4.79 Å². The van der Waals surface area contributed by atoms with Gasteiger partial charge in [-0.05, 0) is 13.0 Å². The van der Waals surface area contributed by atoms with Crippen molar-refractivity contribution in [3.63, 3.8) is 0 Å². The summed E-state index contributed by atoms with van der Waals surface area (Å²) >= 11 is 0. The van der Waals surface area contributed by atoms with Crippen molar-refractivity contribution in [3.05, 3.63) is 18.0 Å². The van der Waals surface area contributed by atoms with Gasteiger partial charge >= 0.3 is 6.18 Å². The summed E-state index contributed by atoms with van der Waals surface area (Å²) in [6.07, 6.45) is -3.64. The summed E-state index contributed by atoms with van der Waals surface area (Å²) < 4.78 is 37.5. The van der Waals surface area contributed by atoms with Gasteiger partial charge in [-0.2, -0.15) is 13.2 Å². The van der Waals surface area contributed by atoms with E-state index in [9.17, 15) is 18.0 Å². The van der Waals surface area contributed by atoms with Gasteiger partial charge in [-0.25, -0.2) is 4.98 Å². The Balaban J connectivity index is 3.17. The largest absolute Gasteiger partial charge is 0.433 e. The molecule has 0 saturated carbocycles. The summed E-state index contributed by atoms with van der Waals surface area (Å²) in [5, 5.41) is 0. The van der Waals surface area contributed by atoms with E-state index in [1.165, 1.54) is 4.90 Å². The monoisotopic (exact) mass is 262 g/mol. The van der Waals surface area contributed by atoms with Crippen LogP contribution in [0.25, 0.3) is 0 Å². The molecule has 0 atom stereocenters. The first kappa shape index (κ1) is 14.1. The van der Waals surface area contributed by atoms with Crippen LogP contribution in [-0.2, 0) is 11.0 Å². The van der Waals surface area contributed by atoms with Gasteiger partial charge in [0.15, 0.2) is 0 Å². The second-order valence-electron chi connectivity index (χ2n) is 3.61. The number of primary amides is 1. The average Bonchev–Trinajstić information content (AvgIpc) is 2.25. The number of likely N-dealkylation sites (N-methyl/N-ethyl adjacent to an activating group) is 1. The Bertz CT molecular complexity index is 447.